The van der Waals surface area contributed by atoms with Gasteiger partial charge in [-0.1, -0.05) is 40.5 Å². The van der Waals surface area contributed by atoms with Crippen LogP contribution in [0, 0.1) is 0 Å². The average Bonchev–Trinajstić information content (AvgIpc) is 2.71. The molecule has 0 radical (unpaired) electrons. The van der Waals surface area contributed by atoms with E-state index in [2.05, 4.69) is 72.2 Å². The van der Waals surface area contributed by atoms with Crippen molar-refractivity contribution in [2.75, 3.05) is 6.54 Å². The van der Waals surface area contributed by atoms with Crippen molar-refractivity contribution >= 4 is 70.7 Å². The van der Waals surface area contributed by atoms with E-state index in [1.165, 1.54) is 5.56 Å². The molecule has 1 atom stereocenters. The molecule has 1 unspecified atom stereocenters. The van der Waals surface area contributed by atoms with Crippen LogP contribution in [-0.4, -0.2) is 6.54 Å². The van der Waals surface area contributed by atoms with Gasteiger partial charge in [-0.05, 0) is 74.2 Å². The minimum atomic E-state index is 0.246. The first kappa shape index (κ1) is 17.0. The van der Waals surface area contributed by atoms with Crippen LogP contribution in [0.15, 0.2) is 36.3 Å². The van der Waals surface area contributed by atoms with Crippen molar-refractivity contribution in [3.63, 3.8) is 0 Å². The molecule has 0 aliphatic heterocycles. The molecule has 0 saturated carbocycles. The Hall–Kier alpha value is 0.610. The Morgan fingerprint density at radius 1 is 1.25 bits per heavy atom. The average molecular weight is 502 g/mol. The molecule has 2 aromatic rings. The zero-order valence-electron chi connectivity index (χ0n) is 10.7. The first-order chi connectivity index (χ1) is 9.51. The third kappa shape index (κ3) is 4.31. The molecule has 0 bridgehead atoms. The molecule has 0 fully saturated rings. The Morgan fingerprint density at radius 3 is 2.55 bits per heavy atom. The zero-order valence-corrected chi connectivity index (χ0v) is 17.1. The van der Waals surface area contributed by atoms with Gasteiger partial charge in [0.05, 0.1) is 7.57 Å². The van der Waals surface area contributed by atoms with Gasteiger partial charge < -0.3 is 5.32 Å². The lowest BCUT2D eigenvalue weighted by Gasteiger charge is -2.18. The van der Waals surface area contributed by atoms with E-state index in [0.29, 0.717) is 0 Å². The summed E-state index contributed by atoms with van der Waals surface area (Å²) in [5.41, 5.74) is 2.41. The zero-order chi connectivity index (χ0) is 14.7. The third-order valence-electron chi connectivity index (χ3n) is 2.95. The molecule has 2 rings (SSSR count). The first-order valence-electron chi connectivity index (χ1n) is 6.13. The van der Waals surface area contributed by atoms with Crippen molar-refractivity contribution in [1.29, 1.82) is 0 Å². The lowest BCUT2D eigenvalue weighted by atomic mass is 10.0. The third-order valence-corrected chi connectivity index (χ3v) is 6.18. The molecule has 1 N–H and O–H groups in total. The molecule has 6 heteroatoms. The van der Waals surface area contributed by atoms with Crippen LogP contribution < -0.4 is 5.32 Å². The molecule has 1 heterocycles. The number of thiophene rings is 1. The Bertz CT molecular complexity index is 600. The second kappa shape index (κ2) is 7.75. The van der Waals surface area contributed by atoms with Gasteiger partial charge in [-0.2, -0.15) is 0 Å². The van der Waals surface area contributed by atoms with Crippen LogP contribution in [0.25, 0.3) is 0 Å². The van der Waals surface area contributed by atoms with Gasteiger partial charge in [-0.15, -0.1) is 11.3 Å². The smallest absolute Gasteiger partial charge is 0.0758 e. The summed E-state index contributed by atoms with van der Waals surface area (Å²) in [6.45, 7) is 3.03. The molecule has 0 aliphatic carbocycles. The summed E-state index contributed by atoms with van der Waals surface area (Å²) in [6.07, 6.45) is 0.863. The van der Waals surface area contributed by atoms with E-state index in [4.69, 9.17) is 11.6 Å². The van der Waals surface area contributed by atoms with Crippen LogP contribution in [-0.2, 0) is 6.42 Å². The summed E-state index contributed by atoms with van der Waals surface area (Å²) in [4.78, 5) is 0. The number of halogens is 4. The Balaban J connectivity index is 2.27. The molecule has 0 spiro atoms. The summed E-state index contributed by atoms with van der Waals surface area (Å²) in [7, 11) is 0. The summed E-state index contributed by atoms with van der Waals surface area (Å²) in [6, 6.07) is 8.46. The molecule has 108 valence electrons. The molecule has 20 heavy (non-hydrogen) atoms. The Morgan fingerprint density at radius 2 is 2.00 bits per heavy atom. The minimum absolute atomic E-state index is 0.246. The van der Waals surface area contributed by atoms with Crippen molar-refractivity contribution in [3.8, 4) is 0 Å². The van der Waals surface area contributed by atoms with Gasteiger partial charge in [0.2, 0.25) is 0 Å². The summed E-state index contributed by atoms with van der Waals surface area (Å²) in [5, 5.41) is 4.33. The fourth-order valence-corrected chi connectivity index (χ4v) is 5.76. The van der Waals surface area contributed by atoms with Gasteiger partial charge in [-0.25, -0.2) is 0 Å². The maximum absolute atomic E-state index is 6.33. The predicted octanol–water partition coefficient (Wildman–Crippen LogP) is 6.58. The largest absolute Gasteiger partial charge is 0.310 e. The van der Waals surface area contributed by atoms with E-state index in [0.717, 1.165) is 35.6 Å². The van der Waals surface area contributed by atoms with Crippen molar-refractivity contribution in [1.82, 2.24) is 5.32 Å². The number of likely N-dealkylation sites (N-methyl/N-ethyl adjacent to an activating group) is 1. The molecule has 1 aromatic heterocycles. The summed E-state index contributed by atoms with van der Waals surface area (Å²) in [5.74, 6) is 0. The molecule has 0 amide bonds. The fraction of sp³-hybridized carbons (Fsp3) is 0.286. The lowest BCUT2D eigenvalue weighted by Crippen LogP contribution is -2.23. The van der Waals surface area contributed by atoms with Gasteiger partial charge in [0.1, 0.15) is 0 Å². The maximum Gasteiger partial charge on any atom is 0.0758 e. The van der Waals surface area contributed by atoms with E-state index in [1.54, 1.807) is 11.3 Å². The SMILES string of the molecule is CCNC(Cc1ccc(Br)cc1Cl)c1cc(Br)sc1Br. The number of benzene rings is 1. The van der Waals surface area contributed by atoms with Crippen LogP contribution >= 0.6 is 70.7 Å². The van der Waals surface area contributed by atoms with E-state index >= 15 is 0 Å². The van der Waals surface area contributed by atoms with E-state index in [-0.39, 0.29) is 6.04 Å². The number of hydrogen-bond acceptors (Lipinski definition) is 2. The molecule has 0 aliphatic rings. The van der Waals surface area contributed by atoms with E-state index < -0.39 is 0 Å². The van der Waals surface area contributed by atoms with Crippen molar-refractivity contribution in [3.05, 3.63) is 52.5 Å². The lowest BCUT2D eigenvalue weighted by molar-refractivity contribution is 0.549. The second-order valence-corrected chi connectivity index (χ2v) is 9.40. The molecule has 1 aromatic carbocycles. The monoisotopic (exact) mass is 499 g/mol. The van der Waals surface area contributed by atoms with Crippen molar-refractivity contribution in [2.24, 2.45) is 0 Å². The highest BCUT2D eigenvalue weighted by molar-refractivity contribution is 9.12. The molecule has 1 nitrogen and oxygen atoms in total. The van der Waals surface area contributed by atoms with E-state index in [1.807, 2.05) is 12.1 Å². The molecular formula is C14H13Br3ClNS. The molecule has 0 saturated heterocycles. The van der Waals surface area contributed by atoms with Gasteiger partial charge >= 0.3 is 0 Å². The van der Waals surface area contributed by atoms with Crippen LogP contribution in [0.2, 0.25) is 5.02 Å². The second-order valence-electron chi connectivity index (χ2n) is 4.33. The minimum Gasteiger partial charge on any atom is -0.310 e. The van der Waals surface area contributed by atoms with Crippen LogP contribution in [0.3, 0.4) is 0 Å². The summed E-state index contributed by atoms with van der Waals surface area (Å²) < 4.78 is 3.29. The van der Waals surface area contributed by atoms with Gasteiger partial charge in [0.25, 0.3) is 0 Å². The molecular weight excluding hydrogens is 489 g/mol. The Kier molecular flexibility index (Phi) is 6.57. The van der Waals surface area contributed by atoms with Gasteiger partial charge in [-0.3, -0.25) is 0 Å². The summed E-state index contributed by atoms with van der Waals surface area (Å²) >= 11 is 18.6. The number of rotatable bonds is 5. The maximum atomic E-state index is 6.33. The highest BCUT2D eigenvalue weighted by atomic mass is 79.9. The van der Waals surface area contributed by atoms with Gasteiger partial charge in [0.15, 0.2) is 0 Å². The topological polar surface area (TPSA) is 12.0 Å². The number of nitrogens with one attached hydrogen (secondary N) is 1. The quantitative estimate of drug-likeness (QED) is 0.487. The van der Waals surface area contributed by atoms with Crippen molar-refractivity contribution in [2.45, 2.75) is 19.4 Å². The fourth-order valence-electron chi connectivity index (χ4n) is 2.04. The normalized spacial score (nSPS) is 12.7. The highest BCUT2D eigenvalue weighted by Gasteiger charge is 2.18. The first-order valence-corrected chi connectivity index (χ1v) is 9.70. The highest BCUT2D eigenvalue weighted by Crippen LogP contribution is 2.37. The number of hydrogen-bond donors (Lipinski definition) is 1. The Labute approximate surface area is 153 Å². The predicted molar refractivity (Wildman–Crippen MR) is 99.0 cm³/mol. The van der Waals surface area contributed by atoms with E-state index in [9.17, 15) is 0 Å². The van der Waals surface area contributed by atoms with Crippen LogP contribution in [0.4, 0.5) is 0 Å². The van der Waals surface area contributed by atoms with Gasteiger partial charge in [0, 0.05) is 15.5 Å². The van der Waals surface area contributed by atoms with Crippen LogP contribution in [0.1, 0.15) is 24.1 Å². The standard InChI is InChI=1S/C14H13Br3ClNS/c1-2-19-12(10-7-13(16)20-14(10)17)5-8-3-4-9(15)6-11(8)18/h3-4,6-7,12,19H,2,5H2,1H3. The van der Waals surface area contributed by atoms with Crippen LogP contribution in [0.5, 0.6) is 0 Å². The van der Waals surface area contributed by atoms with Crippen molar-refractivity contribution < 1.29 is 0 Å².